The van der Waals surface area contributed by atoms with Gasteiger partial charge in [0.1, 0.15) is 0 Å². The van der Waals surface area contributed by atoms with Gasteiger partial charge in [-0.15, -0.1) is 11.3 Å². The minimum atomic E-state index is 0.236. The summed E-state index contributed by atoms with van der Waals surface area (Å²) in [7, 11) is 0. The van der Waals surface area contributed by atoms with Crippen LogP contribution in [0, 0.1) is 25.7 Å². The van der Waals surface area contributed by atoms with Crippen molar-refractivity contribution in [3.8, 4) is 0 Å². The minimum absolute atomic E-state index is 0.236. The first-order valence-corrected chi connectivity index (χ1v) is 8.76. The van der Waals surface area contributed by atoms with Crippen LogP contribution in [0.2, 0.25) is 0 Å². The molecule has 0 amide bonds. The lowest BCUT2D eigenvalue weighted by Crippen LogP contribution is -2.44. The van der Waals surface area contributed by atoms with Gasteiger partial charge in [-0.05, 0) is 64.1 Å². The Morgan fingerprint density at radius 3 is 2.70 bits per heavy atom. The Balaban J connectivity index is 1.55. The van der Waals surface area contributed by atoms with Gasteiger partial charge >= 0.3 is 0 Å². The van der Waals surface area contributed by atoms with Crippen molar-refractivity contribution in [2.45, 2.75) is 58.5 Å². The molecule has 2 aliphatic carbocycles. The van der Waals surface area contributed by atoms with Crippen molar-refractivity contribution in [2.24, 2.45) is 11.8 Å². The number of nitrogens with one attached hydrogen (secondary N) is 2. The number of hydrogen-bond acceptors (Lipinski definition) is 3. The summed E-state index contributed by atoms with van der Waals surface area (Å²) in [5.41, 5.74) is 1.12. The molecule has 5 heteroatoms. The fourth-order valence-corrected chi connectivity index (χ4v) is 5.10. The Morgan fingerprint density at radius 1 is 1.35 bits per heavy atom. The van der Waals surface area contributed by atoms with Crippen LogP contribution >= 0.6 is 23.6 Å². The summed E-state index contributed by atoms with van der Waals surface area (Å²) in [6, 6.07) is 0.838. The molecule has 1 aromatic rings. The third kappa shape index (κ3) is 2.84. The highest BCUT2D eigenvalue weighted by atomic mass is 32.1. The molecule has 110 valence electrons. The van der Waals surface area contributed by atoms with E-state index in [1.165, 1.54) is 30.6 Å². The number of fused-ring (bicyclic) bond motifs is 2. The number of nitrogens with zero attached hydrogens (tertiary/aromatic N) is 1. The topological polar surface area (TPSA) is 37.0 Å². The van der Waals surface area contributed by atoms with E-state index in [2.05, 4.69) is 36.4 Å². The molecule has 4 atom stereocenters. The first-order valence-electron chi connectivity index (χ1n) is 7.54. The molecule has 2 saturated carbocycles. The van der Waals surface area contributed by atoms with Crippen LogP contribution in [-0.2, 0) is 0 Å². The van der Waals surface area contributed by atoms with Crippen LogP contribution in [-0.4, -0.2) is 16.1 Å². The first-order chi connectivity index (χ1) is 9.52. The van der Waals surface area contributed by atoms with Gasteiger partial charge in [-0.1, -0.05) is 6.42 Å². The standard InChI is InChI=1S/C15H23N3S2/c1-8-14(20-10(3)16-8)9(2)17-15(19)18-13-7-11-4-5-12(13)6-11/h9,11-13H,4-7H2,1-3H3,(H2,17,18,19)/t9-,11-,12-,13-/m0/s1. The summed E-state index contributed by atoms with van der Waals surface area (Å²) in [5.74, 6) is 1.80. The van der Waals surface area contributed by atoms with Crippen LogP contribution in [0.1, 0.15) is 54.2 Å². The second-order valence-electron chi connectivity index (χ2n) is 6.30. The molecule has 0 spiro atoms. The first kappa shape index (κ1) is 14.3. The van der Waals surface area contributed by atoms with E-state index >= 15 is 0 Å². The number of aromatic nitrogens is 1. The highest BCUT2D eigenvalue weighted by Crippen LogP contribution is 2.44. The molecule has 0 aliphatic heterocycles. The van der Waals surface area contributed by atoms with E-state index in [0.717, 1.165) is 27.6 Å². The Bertz CT molecular complexity index is 511. The zero-order valence-electron chi connectivity index (χ0n) is 12.4. The summed E-state index contributed by atoms with van der Waals surface area (Å²) in [6.07, 6.45) is 5.52. The lowest BCUT2D eigenvalue weighted by atomic mass is 9.95. The van der Waals surface area contributed by atoms with Gasteiger partial charge in [0, 0.05) is 10.9 Å². The summed E-state index contributed by atoms with van der Waals surface area (Å²) in [5, 5.41) is 8.90. The molecule has 2 aliphatic rings. The van der Waals surface area contributed by atoms with Crippen molar-refractivity contribution < 1.29 is 0 Å². The molecule has 2 bridgehead atoms. The molecular formula is C15H23N3S2. The third-order valence-electron chi connectivity index (χ3n) is 4.73. The largest absolute Gasteiger partial charge is 0.360 e. The van der Waals surface area contributed by atoms with Crippen molar-refractivity contribution in [3.63, 3.8) is 0 Å². The fourth-order valence-electron chi connectivity index (χ4n) is 3.84. The van der Waals surface area contributed by atoms with Gasteiger partial charge in [0.15, 0.2) is 5.11 Å². The molecule has 1 heterocycles. The van der Waals surface area contributed by atoms with Gasteiger partial charge in [0.05, 0.1) is 16.7 Å². The molecule has 20 heavy (non-hydrogen) atoms. The maximum atomic E-state index is 5.49. The van der Waals surface area contributed by atoms with Crippen LogP contribution in [0.15, 0.2) is 0 Å². The van der Waals surface area contributed by atoms with Gasteiger partial charge in [0.2, 0.25) is 0 Å². The predicted molar refractivity (Wildman–Crippen MR) is 88.1 cm³/mol. The second-order valence-corrected chi connectivity index (χ2v) is 7.95. The Hall–Kier alpha value is -0.680. The predicted octanol–water partition coefficient (Wildman–Crippen LogP) is 3.47. The maximum absolute atomic E-state index is 5.49. The van der Waals surface area contributed by atoms with E-state index in [1.54, 1.807) is 11.3 Å². The van der Waals surface area contributed by atoms with Gasteiger partial charge in [-0.2, -0.15) is 0 Å². The Kier molecular flexibility index (Phi) is 4.00. The lowest BCUT2D eigenvalue weighted by molar-refractivity contribution is 0.388. The van der Waals surface area contributed by atoms with E-state index in [4.69, 9.17) is 12.2 Å². The Morgan fingerprint density at radius 2 is 2.15 bits per heavy atom. The molecular weight excluding hydrogens is 286 g/mol. The molecule has 0 aromatic carbocycles. The molecule has 1 aromatic heterocycles. The van der Waals surface area contributed by atoms with E-state index in [1.807, 2.05) is 0 Å². The highest BCUT2D eigenvalue weighted by molar-refractivity contribution is 7.80. The van der Waals surface area contributed by atoms with Gasteiger partial charge < -0.3 is 10.6 Å². The smallest absolute Gasteiger partial charge is 0.167 e. The zero-order chi connectivity index (χ0) is 14.3. The molecule has 2 fully saturated rings. The van der Waals surface area contributed by atoms with Gasteiger partial charge in [-0.3, -0.25) is 0 Å². The number of rotatable bonds is 3. The van der Waals surface area contributed by atoms with E-state index in [-0.39, 0.29) is 6.04 Å². The van der Waals surface area contributed by atoms with Crippen LogP contribution in [0.3, 0.4) is 0 Å². The summed E-state index contributed by atoms with van der Waals surface area (Å²) >= 11 is 7.25. The average molecular weight is 310 g/mol. The van der Waals surface area contributed by atoms with Crippen molar-refractivity contribution in [1.82, 2.24) is 15.6 Å². The molecule has 3 rings (SSSR count). The number of thiocarbonyl (C=S) groups is 1. The molecule has 0 saturated heterocycles. The van der Waals surface area contributed by atoms with E-state index in [9.17, 15) is 0 Å². The van der Waals surface area contributed by atoms with Crippen molar-refractivity contribution in [1.29, 1.82) is 0 Å². The SMILES string of the molecule is Cc1nc(C)c([C@H](C)NC(=S)N[C@H]2C[C@H]3CC[C@H]2C3)s1. The maximum Gasteiger partial charge on any atom is 0.167 e. The second kappa shape index (κ2) is 5.60. The summed E-state index contributed by atoms with van der Waals surface area (Å²) in [4.78, 5) is 5.78. The van der Waals surface area contributed by atoms with Crippen molar-refractivity contribution >= 4 is 28.7 Å². The van der Waals surface area contributed by atoms with Gasteiger partial charge in [0.25, 0.3) is 0 Å². The number of thiazole rings is 1. The van der Waals surface area contributed by atoms with Crippen molar-refractivity contribution in [2.75, 3.05) is 0 Å². The molecule has 0 unspecified atom stereocenters. The van der Waals surface area contributed by atoms with E-state index in [0.29, 0.717) is 6.04 Å². The molecule has 2 N–H and O–H groups in total. The highest BCUT2D eigenvalue weighted by Gasteiger charge is 2.39. The minimum Gasteiger partial charge on any atom is -0.360 e. The Labute approximate surface area is 130 Å². The molecule has 3 nitrogen and oxygen atoms in total. The van der Waals surface area contributed by atoms with Crippen LogP contribution in [0.25, 0.3) is 0 Å². The average Bonchev–Trinajstić information content (AvgIpc) is 3.04. The zero-order valence-corrected chi connectivity index (χ0v) is 14.0. The summed E-state index contributed by atoms with van der Waals surface area (Å²) in [6.45, 7) is 6.29. The third-order valence-corrected chi connectivity index (χ3v) is 6.23. The number of hydrogen-bond donors (Lipinski definition) is 2. The van der Waals surface area contributed by atoms with Crippen LogP contribution in [0.5, 0.6) is 0 Å². The van der Waals surface area contributed by atoms with Gasteiger partial charge in [-0.25, -0.2) is 4.98 Å². The lowest BCUT2D eigenvalue weighted by Gasteiger charge is -2.26. The van der Waals surface area contributed by atoms with Crippen LogP contribution < -0.4 is 10.6 Å². The molecule has 0 radical (unpaired) electrons. The van der Waals surface area contributed by atoms with Crippen LogP contribution in [0.4, 0.5) is 0 Å². The monoisotopic (exact) mass is 309 g/mol. The number of aryl methyl sites for hydroxylation is 2. The fraction of sp³-hybridized carbons (Fsp3) is 0.733. The van der Waals surface area contributed by atoms with Crippen molar-refractivity contribution in [3.05, 3.63) is 15.6 Å². The normalized spacial score (nSPS) is 29.4. The summed E-state index contributed by atoms with van der Waals surface area (Å²) < 4.78 is 0. The van der Waals surface area contributed by atoms with E-state index < -0.39 is 0 Å². The quantitative estimate of drug-likeness (QED) is 0.838.